The van der Waals surface area contributed by atoms with Gasteiger partial charge in [-0.1, -0.05) is 41.5 Å². The third-order valence-electron chi connectivity index (χ3n) is 5.09. The minimum atomic E-state index is -0.850. The predicted molar refractivity (Wildman–Crippen MR) is 131 cm³/mol. The van der Waals surface area contributed by atoms with E-state index in [2.05, 4.69) is 5.32 Å². The number of hydrogen-bond acceptors (Lipinski definition) is 6. The summed E-state index contributed by atoms with van der Waals surface area (Å²) in [4.78, 5) is 25.5. The van der Waals surface area contributed by atoms with Crippen LogP contribution in [-0.4, -0.2) is 29.1 Å². The van der Waals surface area contributed by atoms with Crippen molar-refractivity contribution in [1.29, 1.82) is 0 Å². The van der Waals surface area contributed by atoms with Crippen molar-refractivity contribution in [3.8, 4) is 11.5 Å². The Kier molecular flexibility index (Phi) is 7.87. The quantitative estimate of drug-likeness (QED) is 0.373. The Balaban J connectivity index is 1.90. The summed E-state index contributed by atoms with van der Waals surface area (Å²) in [7, 11) is 0. The van der Waals surface area contributed by atoms with Crippen molar-refractivity contribution in [2.75, 3.05) is 6.54 Å². The zero-order valence-electron chi connectivity index (χ0n) is 20.2. The average Bonchev–Trinajstić information content (AvgIpc) is 2.78. The summed E-state index contributed by atoms with van der Waals surface area (Å²) in [5.41, 5.74) is 2.94. The zero-order valence-corrected chi connectivity index (χ0v) is 20.2. The molecule has 0 radical (unpaired) electrons. The topological polar surface area (TPSA) is 84.9 Å². The van der Waals surface area contributed by atoms with Gasteiger partial charge in [-0.15, -0.1) is 0 Å². The summed E-state index contributed by atoms with van der Waals surface area (Å²) in [6.45, 7) is 10.1. The number of aliphatic hydroxyl groups excluding tert-OH is 1. The minimum Gasteiger partial charge on any atom is -0.419 e. The highest BCUT2D eigenvalue weighted by Crippen LogP contribution is 2.32. The number of nitrogens with one attached hydrogen (secondary N) is 1. The Labute approximate surface area is 200 Å². The van der Waals surface area contributed by atoms with Gasteiger partial charge in [-0.2, -0.15) is 0 Å². The number of aliphatic hydroxyl groups is 1. The lowest BCUT2D eigenvalue weighted by molar-refractivity contribution is 0.0681. The van der Waals surface area contributed by atoms with E-state index in [9.17, 15) is 14.7 Å². The maximum Gasteiger partial charge on any atom is 0.343 e. The van der Waals surface area contributed by atoms with Crippen molar-refractivity contribution in [3.05, 3.63) is 94.5 Å². The number of carbonyl (C=O) groups excluding carboxylic acids is 2. The normalized spacial score (nSPS) is 12.2. The van der Waals surface area contributed by atoms with Gasteiger partial charge < -0.3 is 19.9 Å². The molecule has 0 saturated heterocycles. The zero-order chi connectivity index (χ0) is 24.9. The molecule has 0 aromatic heterocycles. The standard InChI is InChI=1S/C28H31NO5/c1-18-8-6-10-21(14-18)26(31)33-24-13-12-20(23(30)17-29-28(3,4)5)16-25(24)34-27(32)22-11-7-9-19(2)15-22/h6-16,23,29-30H,17H2,1-5H3/t23-/m0/s1. The number of carbonyl (C=O) groups is 2. The fourth-order valence-electron chi connectivity index (χ4n) is 3.28. The van der Waals surface area contributed by atoms with Crippen LogP contribution in [0.1, 0.15) is 64.3 Å². The van der Waals surface area contributed by atoms with E-state index in [-0.39, 0.29) is 17.0 Å². The first-order valence-electron chi connectivity index (χ1n) is 11.2. The monoisotopic (exact) mass is 461 g/mol. The molecule has 0 amide bonds. The molecule has 0 saturated carbocycles. The predicted octanol–water partition coefficient (Wildman–Crippen LogP) is 5.16. The van der Waals surface area contributed by atoms with E-state index in [1.807, 2.05) is 46.8 Å². The van der Waals surface area contributed by atoms with Gasteiger partial charge in [-0.3, -0.25) is 0 Å². The van der Waals surface area contributed by atoms with Crippen LogP contribution in [0.5, 0.6) is 11.5 Å². The van der Waals surface area contributed by atoms with Crippen molar-refractivity contribution in [2.45, 2.75) is 46.3 Å². The molecule has 2 N–H and O–H groups in total. The highest BCUT2D eigenvalue weighted by atomic mass is 16.6. The fourth-order valence-corrected chi connectivity index (χ4v) is 3.28. The van der Waals surface area contributed by atoms with E-state index in [1.165, 1.54) is 12.1 Å². The third-order valence-corrected chi connectivity index (χ3v) is 5.09. The molecule has 0 unspecified atom stereocenters. The molecule has 0 fully saturated rings. The summed E-state index contributed by atoms with van der Waals surface area (Å²) < 4.78 is 11.2. The molecule has 6 nitrogen and oxygen atoms in total. The van der Waals surface area contributed by atoms with E-state index in [1.54, 1.807) is 42.5 Å². The number of hydrogen-bond donors (Lipinski definition) is 2. The molecule has 0 aliphatic heterocycles. The van der Waals surface area contributed by atoms with Crippen LogP contribution in [-0.2, 0) is 0 Å². The van der Waals surface area contributed by atoms with Crippen LogP contribution in [0.3, 0.4) is 0 Å². The van der Waals surface area contributed by atoms with Crippen LogP contribution in [0.25, 0.3) is 0 Å². The van der Waals surface area contributed by atoms with Crippen LogP contribution >= 0.6 is 0 Å². The van der Waals surface area contributed by atoms with Crippen molar-refractivity contribution in [1.82, 2.24) is 5.32 Å². The van der Waals surface area contributed by atoms with Crippen molar-refractivity contribution < 1.29 is 24.2 Å². The van der Waals surface area contributed by atoms with Crippen molar-refractivity contribution in [2.24, 2.45) is 0 Å². The number of esters is 2. The van der Waals surface area contributed by atoms with Gasteiger partial charge in [0.05, 0.1) is 17.2 Å². The molecular formula is C28H31NO5. The van der Waals surface area contributed by atoms with E-state index >= 15 is 0 Å². The molecule has 0 heterocycles. The molecule has 0 bridgehead atoms. The van der Waals surface area contributed by atoms with E-state index in [0.29, 0.717) is 23.2 Å². The van der Waals surface area contributed by atoms with E-state index in [4.69, 9.17) is 9.47 Å². The average molecular weight is 462 g/mol. The Bertz CT molecular complexity index is 1180. The highest BCUT2D eigenvalue weighted by molar-refractivity contribution is 5.93. The summed E-state index contributed by atoms with van der Waals surface area (Å²) in [6, 6.07) is 18.8. The lowest BCUT2D eigenvalue weighted by atomic mass is 10.1. The number of rotatable bonds is 7. The molecule has 178 valence electrons. The van der Waals surface area contributed by atoms with Crippen LogP contribution in [0, 0.1) is 13.8 Å². The molecule has 0 aliphatic rings. The second kappa shape index (κ2) is 10.6. The Morgan fingerprint density at radius 3 is 1.85 bits per heavy atom. The van der Waals surface area contributed by atoms with Gasteiger partial charge in [0.1, 0.15) is 0 Å². The highest BCUT2D eigenvalue weighted by Gasteiger charge is 2.20. The summed E-state index contributed by atoms with van der Waals surface area (Å²) >= 11 is 0. The number of benzene rings is 3. The van der Waals surface area contributed by atoms with E-state index in [0.717, 1.165) is 11.1 Å². The van der Waals surface area contributed by atoms with Crippen molar-refractivity contribution in [3.63, 3.8) is 0 Å². The maximum atomic E-state index is 12.8. The first-order valence-corrected chi connectivity index (χ1v) is 11.2. The van der Waals surface area contributed by atoms with Crippen LogP contribution in [0.2, 0.25) is 0 Å². The third kappa shape index (κ3) is 7.01. The summed E-state index contributed by atoms with van der Waals surface area (Å²) in [5.74, 6) is -1.01. The molecule has 3 aromatic carbocycles. The molecule has 0 aliphatic carbocycles. The van der Waals surface area contributed by atoms with Crippen LogP contribution in [0.4, 0.5) is 0 Å². The van der Waals surface area contributed by atoms with Gasteiger partial charge in [0, 0.05) is 12.1 Å². The Morgan fingerprint density at radius 1 is 0.824 bits per heavy atom. The minimum absolute atomic E-state index is 0.0554. The Morgan fingerprint density at radius 2 is 1.35 bits per heavy atom. The van der Waals surface area contributed by atoms with Crippen LogP contribution in [0.15, 0.2) is 66.7 Å². The van der Waals surface area contributed by atoms with Gasteiger partial charge >= 0.3 is 11.9 Å². The molecule has 1 atom stereocenters. The first-order chi connectivity index (χ1) is 16.0. The Hall–Kier alpha value is -3.48. The number of aryl methyl sites for hydroxylation is 2. The van der Waals surface area contributed by atoms with Gasteiger partial charge in [-0.05, 0) is 76.6 Å². The fraction of sp³-hybridized carbons (Fsp3) is 0.286. The summed E-state index contributed by atoms with van der Waals surface area (Å²) in [5, 5.41) is 13.9. The van der Waals surface area contributed by atoms with Crippen molar-refractivity contribution >= 4 is 11.9 Å². The largest absolute Gasteiger partial charge is 0.419 e. The number of β-amino-alcohol motifs (C(OH)–C–C–N with tert-alkyl or cyclic N) is 1. The van der Waals surface area contributed by atoms with Gasteiger partial charge in [0.15, 0.2) is 11.5 Å². The second-order valence-electron chi connectivity index (χ2n) is 9.37. The molecular weight excluding hydrogens is 430 g/mol. The molecule has 0 spiro atoms. The van der Waals surface area contributed by atoms with Gasteiger partial charge in [0.2, 0.25) is 0 Å². The van der Waals surface area contributed by atoms with Gasteiger partial charge in [-0.25, -0.2) is 9.59 Å². The lowest BCUT2D eigenvalue weighted by Gasteiger charge is -2.23. The van der Waals surface area contributed by atoms with Gasteiger partial charge in [0.25, 0.3) is 0 Å². The summed E-state index contributed by atoms with van der Waals surface area (Å²) in [6.07, 6.45) is -0.850. The molecule has 3 rings (SSSR count). The molecule has 34 heavy (non-hydrogen) atoms. The molecule has 3 aromatic rings. The lowest BCUT2D eigenvalue weighted by Crippen LogP contribution is -2.38. The smallest absolute Gasteiger partial charge is 0.343 e. The van der Waals surface area contributed by atoms with Crippen LogP contribution < -0.4 is 14.8 Å². The van der Waals surface area contributed by atoms with E-state index < -0.39 is 18.0 Å². The second-order valence-corrected chi connectivity index (χ2v) is 9.37. The first kappa shape index (κ1) is 25.1. The molecule has 6 heteroatoms. The SMILES string of the molecule is Cc1cccc(C(=O)Oc2ccc([C@@H](O)CNC(C)(C)C)cc2OC(=O)c2cccc(C)c2)c1. The maximum absolute atomic E-state index is 12.8. The number of ether oxygens (including phenoxy) is 2.